The van der Waals surface area contributed by atoms with E-state index in [1.807, 2.05) is 6.07 Å². The molecule has 0 saturated heterocycles. The van der Waals surface area contributed by atoms with Gasteiger partial charge >= 0.3 is 6.18 Å². The summed E-state index contributed by atoms with van der Waals surface area (Å²) >= 11 is 4.22. The Morgan fingerprint density at radius 2 is 1.74 bits per heavy atom. The minimum atomic E-state index is -4.34. The summed E-state index contributed by atoms with van der Waals surface area (Å²) in [4.78, 5) is 4.80. The van der Waals surface area contributed by atoms with Gasteiger partial charge in [-0.1, -0.05) is 24.3 Å². The molecule has 0 saturated carbocycles. The maximum Gasteiger partial charge on any atom is 0.416 e. The molecule has 0 N–H and O–H groups in total. The minimum absolute atomic E-state index is 0.395. The van der Waals surface area contributed by atoms with E-state index < -0.39 is 11.7 Å². The molecule has 0 amide bonds. The highest BCUT2D eigenvalue weighted by molar-refractivity contribution is 7.80. The second kappa shape index (κ2) is 5.48. The van der Waals surface area contributed by atoms with Gasteiger partial charge in [-0.2, -0.15) is 13.2 Å². The van der Waals surface area contributed by atoms with Crippen LogP contribution in [0.4, 0.5) is 18.9 Å². The molecule has 5 heteroatoms. The summed E-state index contributed by atoms with van der Waals surface area (Å²) in [5.74, 6) is 0. The highest BCUT2D eigenvalue weighted by Gasteiger charge is 2.30. The fourth-order valence-electron chi connectivity index (χ4n) is 1.51. The van der Waals surface area contributed by atoms with Crippen molar-refractivity contribution >= 4 is 24.5 Å². The van der Waals surface area contributed by atoms with Crippen LogP contribution in [0.15, 0.2) is 58.4 Å². The Morgan fingerprint density at radius 1 is 1.00 bits per heavy atom. The first-order valence-electron chi connectivity index (χ1n) is 5.46. The maximum atomic E-state index is 12.5. The Labute approximate surface area is 114 Å². The zero-order chi connectivity index (χ0) is 13.9. The van der Waals surface area contributed by atoms with Gasteiger partial charge in [-0.3, -0.25) is 4.99 Å². The van der Waals surface area contributed by atoms with Gasteiger partial charge in [-0.15, -0.1) is 12.6 Å². The third kappa shape index (κ3) is 3.61. The average Bonchev–Trinajstić information content (AvgIpc) is 2.37. The van der Waals surface area contributed by atoms with Crippen LogP contribution in [-0.2, 0) is 6.18 Å². The van der Waals surface area contributed by atoms with Crippen LogP contribution < -0.4 is 0 Å². The second-order valence-corrected chi connectivity index (χ2v) is 4.35. The van der Waals surface area contributed by atoms with Crippen molar-refractivity contribution in [3.8, 4) is 0 Å². The Morgan fingerprint density at radius 3 is 2.42 bits per heavy atom. The van der Waals surface area contributed by atoms with Crippen molar-refractivity contribution in [3.05, 3.63) is 59.7 Å². The molecular weight excluding hydrogens is 271 g/mol. The van der Waals surface area contributed by atoms with E-state index in [1.165, 1.54) is 12.3 Å². The van der Waals surface area contributed by atoms with E-state index in [0.29, 0.717) is 16.1 Å². The highest BCUT2D eigenvalue weighted by Crippen LogP contribution is 2.29. The SMILES string of the molecule is FC(F)(F)c1cccc(C=Nc2ccccc2S)c1. The lowest BCUT2D eigenvalue weighted by Crippen LogP contribution is -2.04. The molecule has 0 bridgehead atoms. The molecule has 0 unspecified atom stereocenters. The summed E-state index contributed by atoms with van der Waals surface area (Å²) in [6.45, 7) is 0. The molecule has 0 atom stereocenters. The first kappa shape index (κ1) is 13.7. The van der Waals surface area contributed by atoms with E-state index >= 15 is 0 Å². The van der Waals surface area contributed by atoms with Crippen molar-refractivity contribution < 1.29 is 13.2 Å². The summed E-state index contributed by atoms with van der Waals surface area (Å²) in [5.41, 5.74) is 0.324. The van der Waals surface area contributed by atoms with Crippen LogP contribution in [0.1, 0.15) is 11.1 Å². The molecule has 0 aliphatic carbocycles. The molecule has 1 nitrogen and oxygen atoms in total. The number of hydrogen-bond donors (Lipinski definition) is 1. The Bertz CT molecular complexity index is 606. The van der Waals surface area contributed by atoms with Crippen LogP contribution in [0.3, 0.4) is 0 Å². The number of halogens is 3. The summed E-state index contributed by atoms with van der Waals surface area (Å²) in [5, 5.41) is 0. The lowest BCUT2D eigenvalue weighted by molar-refractivity contribution is -0.137. The van der Waals surface area contributed by atoms with Gasteiger partial charge in [0.2, 0.25) is 0 Å². The molecule has 2 aromatic carbocycles. The topological polar surface area (TPSA) is 12.4 Å². The van der Waals surface area contributed by atoms with Gasteiger partial charge < -0.3 is 0 Å². The van der Waals surface area contributed by atoms with Gasteiger partial charge in [-0.05, 0) is 29.8 Å². The van der Waals surface area contributed by atoms with Crippen molar-refractivity contribution in [1.29, 1.82) is 0 Å². The Hall–Kier alpha value is -1.75. The number of thiol groups is 1. The fourth-order valence-corrected chi connectivity index (χ4v) is 1.73. The molecule has 0 aliphatic rings. The predicted molar refractivity (Wildman–Crippen MR) is 72.4 cm³/mol. The lowest BCUT2D eigenvalue weighted by Gasteiger charge is -2.06. The van der Waals surface area contributed by atoms with Crippen LogP contribution in [-0.4, -0.2) is 6.21 Å². The molecule has 0 heterocycles. The zero-order valence-electron chi connectivity index (χ0n) is 9.72. The first-order valence-corrected chi connectivity index (χ1v) is 5.91. The molecule has 98 valence electrons. The number of rotatable bonds is 2. The molecule has 0 spiro atoms. The summed E-state index contributed by atoms with van der Waals surface area (Å²) < 4.78 is 37.6. The van der Waals surface area contributed by atoms with Crippen LogP contribution in [0.2, 0.25) is 0 Å². The van der Waals surface area contributed by atoms with E-state index in [9.17, 15) is 13.2 Å². The van der Waals surface area contributed by atoms with Gasteiger partial charge in [0, 0.05) is 11.1 Å². The summed E-state index contributed by atoms with van der Waals surface area (Å²) in [6, 6.07) is 12.1. The van der Waals surface area contributed by atoms with E-state index in [-0.39, 0.29) is 0 Å². The molecule has 2 rings (SSSR count). The molecule has 19 heavy (non-hydrogen) atoms. The molecular formula is C14H10F3NS. The zero-order valence-corrected chi connectivity index (χ0v) is 10.6. The monoisotopic (exact) mass is 281 g/mol. The van der Waals surface area contributed by atoms with Gasteiger partial charge in [0.15, 0.2) is 0 Å². The van der Waals surface area contributed by atoms with Crippen LogP contribution in [0.25, 0.3) is 0 Å². The van der Waals surface area contributed by atoms with E-state index in [1.54, 1.807) is 24.3 Å². The van der Waals surface area contributed by atoms with Crippen molar-refractivity contribution in [3.63, 3.8) is 0 Å². The number of para-hydroxylation sites is 1. The second-order valence-electron chi connectivity index (χ2n) is 3.87. The van der Waals surface area contributed by atoms with Crippen molar-refractivity contribution in [2.24, 2.45) is 4.99 Å². The largest absolute Gasteiger partial charge is 0.416 e. The number of benzene rings is 2. The number of nitrogens with zero attached hydrogens (tertiary/aromatic N) is 1. The number of alkyl halides is 3. The lowest BCUT2D eigenvalue weighted by atomic mass is 10.1. The Balaban J connectivity index is 2.27. The Kier molecular flexibility index (Phi) is 3.95. The first-order chi connectivity index (χ1) is 8.97. The summed E-state index contributed by atoms with van der Waals surface area (Å²) in [7, 11) is 0. The van der Waals surface area contributed by atoms with E-state index in [0.717, 1.165) is 12.1 Å². The van der Waals surface area contributed by atoms with Crippen molar-refractivity contribution in [2.75, 3.05) is 0 Å². The summed E-state index contributed by atoms with van der Waals surface area (Å²) in [6.07, 6.45) is -2.95. The fraction of sp³-hybridized carbons (Fsp3) is 0.0714. The van der Waals surface area contributed by atoms with E-state index in [2.05, 4.69) is 17.6 Å². The molecule has 0 fully saturated rings. The van der Waals surface area contributed by atoms with E-state index in [4.69, 9.17) is 0 Å². The minimum Gasteiger partial charge on any atom is -0.255 e. The standard InChI is InChI=1S/C14H10F3NS/c15-14(16,17)11-5-3-4-10(8-11)9-18-12-6-1-2-7-13(12)19/h1-9,19H. The van der Waals surface area contributed by atoms with Crippen LogP contribution >= 0.6 is 12.6 Å². The molecule has 2 aromatic rings. The van der Waals surface area contributed by atoms with Gasteiger partial charge in [-0.25, -0.2) is 0 Å². The van der Waals surface area contributed by atoms with Crippen molar-refractivity contribution in [2.45, 2.75) is 11.1 Å². The average molecular weight is 281 g/mol. The third-order valence-electron chi connectivity index (χ3n) is 2.45. The highest BCUT2D eigenvalue weighted by atomic mass is 32.1. The van der Waals surface area contributed by atoms with Gasteiger partial charge in [0.25, 0.3) is 0 Å². The number of aliphatic imine (C=N–C) groups is 1. The normalized spacial score (nSPS) is 12.0. The predicted octanol–water partition coefficient (Wildman–Crippen LogP) is 4.74. The third-order valence-corrected chi connectivity index (χ3v) is 2.83. The van der Waals surface area contributed by atoms with Gasteiger partial charge in [0.05, 0.1) is 11.3 Å². The molecule has 0 aromatic heterocycles. The maximum absolute atomic E-state index is 12.5. The molecule has 0 aliphatic heterocycles. The number of hydrogen-bond acceptors (Lipinski definition) is 2. The van der Waals surface area contributed by atoms with Crippen molar-refractivity contribution in [1.82, 2.24) is 0 Å². The van der Waals surface area contributed by atoms with Crippen LogP contribution in [0.5, 0.6) is 0 Å². The van der Waals surface area contributed by atoms with Gasteiger partial charge in [0.1, 0.15) is 0 Å². The quantitative estimate of drug-likeness (QED) is 0.602. The smallest absolute Gasteiger partial charge is 0.255 e. The molecule has 0 radical (unpaired) electrons. The van der Waals surface area contributed by atoms with Crippen LogP contribution in [0, 0.1) is 0 Å².